The molecule has 8 nitrogen and oxygen atoms in total. The molecule has 0 fully saturated rings. The summed E-state index contributed by atoms with van der Waals surface area (Å²) in [6, 6.07) is 0. The van der Waals surface area contributed by atoms with Gasteiger partial charge in [-0.3, -0.25) is 0 Å². The second-order valence-electron chi connectivity index (χ2n) is 4.76. The summed E-state index contributed by atoms with van der Waals surface area (Å²) in [7, 11) is 0. The van der Waals surface area contributed by atoms with Crippen molar-refractivity contribution in [1.29, 1.82) is 0 Å². The summed E-state index contributed by atoms with van der Waals surface area (Å²) in [4.78, 5) is 0. The molecule has 0 aromatic rings. The van der Waals surface area contributed by atoms with E-state index in [1.165, 1.54) is 0 Å². The van der Waals surface area contributed by atoms with Crippen LogP contribution in [0.1, 0.15) is 53.4 Å². The van der Waals surface area contributed by atoms with Gasteiger partial charge in [-0.25, -0.2) is 0 Å². The van der Waals surface area contributed by atoms with Crippen LogP contribution >= 0.6 is 0 Å². The average molecular weight is 344 g/mol. The molecule has 0 spiro atoms. The first-order valence-corrected chi connectivity index (χ1v) is 10.1. The normalized spacial score (nSPS) is 20.6. The zero-order chi connectivity index (χ0) is 16.5. The van der Waals surface area contributed by atoms with Gasteiger partial charge in [-0.2, -0.15) is 0 Å². The van der Waals surface area contributed by atoms with Gasteiger partial charge in [-0.05, 0) is 0 Å². The summed E-state index contributed by atoms with van der Waals surface area (Å²) in [5.74, 6) is 0. The molecule has 0 aromatic carbocycles. The van der Waals surface area contributed by atoms with Gasteiger partial charge in [0.15, 0.2) is 0 Å². The Labute approximate surface area is 133 Å². The molecule has 0 aliphatic carbocycles. The Morgan fingerprint density at radius 3 is 0.905 bits per heavy atom. The van der Waals surface area contributed by atoms with Crippen molar-refractivity contribution in [2.24, 2.45) is 22.9 Å². The molecule has 128 valence electrons. The second-order valence-corrected chi connectivity index (χ2v) is 7.79. The van der Waals surface area contributed by atoms with Gasteiger partial charge in [0.05, 0.1) is 0 Å². The van der Waals surface area contributed by atoms with Crippen LogP contribution in [-0.2, 0) is 31.4 Å². The summed E-state index contributed by atoms with van der Waals surface area (Å²) >= 11 is -4.24. The van der Waals surface area contributed by atoms with Crippen LogP contribution in [0.2, 0.25) is 0 Å². The summed E-state index contributed by atoms with van der Waals surface area (Å²) in [5, 5.41) is 0. The molecule has 4 unspecified atom stereocenters. The van der Waals surface area contributed by atoms with Gasteiger partial charge in [-0.15, -0.1) is 0 Å². The third-order valence-electron chi connectivity index (χ3n) is 2.79. The van der Waals surface area contributed by atoms with Crippen molar-refractivity contribution in [2.75, 3.05) is 0 Å². The third kappa shape index (κ3) is 8.56. The molecule has 0 bridgehead atoms. The van der Waals surface area contributed by atoms with Gasteiger partial charge in [0.2, 0.25) is 0 Å². The molecule has 0 amide bonds. The van der Waals surface area contributed by atoms with Crippen molar-refractivity contribution in [3.8, 4) is 0 Å². The van der Waals surface area contributed by atoms with Crippen LogP contribution in [0.3, 0.4) is 0 Å². The van der Waals surface area contributed by atoms with E-state index in [1.807, 2.05) is 27.7 Å². The number of nitrogens with two attached hydrogens (primary N) is 4. The van der Waals surface area contributed by atoms with Crippen molar-refractivity contribution in [2.45, 2.75) is 78.3 Å². The van der Waals surface area contributed by atoms with Crippen LogP contribution in [0.5, 0.6) is 0 Å². The van der Waals surface area contributed by atoms with Crippen LogP contribution < -0.4 is 22.9 Å². The molecule has 4 atom stereocenters. The molecule has 0 radical (unpaired) electrons. The monoisotopic (exact) mass is 344 g/mol. The second kappa shape index (κ2) is 11.0. The van der Waals surface area contributed by atoms with E-state index in [0.717, 1.165) is 0 Å². The van der Waals surface area contributed by atoms with E-state index < -0.39 is 43.1 Å². The predicted octanol–water partition coefficient (Wildman–Crippen LogP) is 0.646. The third-order valence-corrected chi connectivity index (χ3v) is 6.49. The topological polar surface area (TPSA) is 141 Å². The molecule has 0 aromatic heterocycles. The van der Waals surface area contributed by atoms with Crippen molar-refractivity contribution in [3.63, 3.8) is 0 Å². The molecule has 0 aliphatic heterocycles. The minimum absolute atomic E-state index is 0.577. The SMILES string of the molecule is CCC(N)[O][Ti]([O]C(N)CC)([O]C(N)CC)[O]C(N)CC. The Morgan fingerprint density at radius 1 is 0.571 bits per heavy atom. The van der Waals surface area contributed by atoms with Gasteiger partial charge < -0.3 is 0 Å². The Balaban J connectivity index is 5.23. The molecule has 0 aliphatic rings. The van der Waals surface area contributed by atoms with E-state index in [-0.39, 0.29) is 0 Å². The Kier molecular flexibility index (Phi) is 11.2. The van der Waals surface area contributed by atoms with Gasteiger partial charge in [0.25, 0.3) is 0 Å². The van der Waals surface area contributed by atoms with E-state index in [4.69, 9.17) is 36.2 Å². The maximum atomic E-state index is 5.87. The standard InChI is InChI=1S/4C3H8NO.Ti/c4*1-2-3(4)5;/h4*3H,2,4H2,1H3;/q4*-1;+4. The summed E-state index contributed by atoms with van der Waals surface area (Å²) in [6.07, 6.45) is -0.0191. The summed E-state index contributed by atoms with van der Waals surface area (Å²) in [6.45, 7) is 7.54. The number of rotatable bonds is 12. The molecule has 0 saturated heterocycles. The Hall–Kier alpha value is 0.394. The minimum atomic E-state index is -4.24. The van der Waals surface area contributed by atoms with E-state index in [9.17, 15) is 0 Å². The van der Waals surface area contributed by atoms with Crippen molar-refractivity contribution >= 4 is 0 Å². The van der Waals surface area contributed by atoms with Crippen LogP contribution in [0, 0.1) is 0 Å². The molecule has 21 heavy (non-hydrogen) atoms. The molecular weight excluding hydrogens is 312 g/mol. The molecule has 0 rings (SSSR count). The van der Waals surface area contributed by atoms with E-state index >= 15 is 0 Å². The predicted molar refractivity (Wildman–Crippen MR) is 77.4 cm³/mol. The average Bonchev–Trinajstić information content (AvgIpc) is 2.46. The molecule has 0 heterocycles. The van der Waals surface area contributed by atoms with E-state index in [2.05, 4.69) is 0 Å². The fourth-order valence-corrected chi connectivity index (χ4v) is 5.12. The van der Waals surface area contributed by atoms with Crippen molar-refractivity contribution in [3.05, 3.63) is 0 Å². The number of hydrogen-bond acceptors (Lipinski definition) is 8. The first-order valence-electron chi connectivity index (χ1n) is 7.55. The fourth-order valence-electron chi connectivity index (χ4n) is 1.24. The fraction of sp³-hybridized carbons (Fsp3) is 1.00. The summed E-state index contributed by atoms with van der Waals surface area (Å²) < 4.78 is 23.1. The molecule has 9 heteroatoms. The van der Waals surface area contributed by atoms with E-state index in [1.54, 1.807) is 0 Å². The first-order chi connectivity index (χ1) is 9.82. The zero-order valence-electron chi connectivity index (χ0n) is 13.6. The van der Waals surface area contributed by atoms with Crippen LogP contribution in [0.15, 0.2) is 0 Å². The van der Waals surface area contributed by atoms with Gasteiger partial charge in [0, 0.05) is 0 Å². The van der Waals surface area contributed by atoms with Crippen LogP contribution in [0.25, 0.3) is 0 Å². The van der Waals surface area contributed by atoms with Crippen molar-refractivity contribution < 1.29 is 31.4 Å². The zero-order valence-corrected chi connectivity index (χ0v) is 15.1. The molecule has 8 N–H and O–H groups in total. The van der Waals surface area contributed by atoms with Gasteiger partial charge in [-0.1, -0.05) is 0 Å². The maximum absolute atomic E-state index is 5.87. The van der Waals surface area contributed by atoms with Crippen molar-refractivity contribution in [1.82, 2.24) is 0 Å². The van der Waals surface area contributed by atoms with E-state index in [0.29, 0.717) is 25.7 Å². The van der Waals surface area contributed by atoms with Gasteiger partial charge in [0.1, 0.15) is 0 Å². The Bertz CT molecular complexity index is 222. The quantitative estimate of drug-likeness (QED) is 0.299. The van der Waals surface area contributed by atoms with Gasteiger partial charge >= 0.3 is 133 Å². The Morgan fingerprint density at radius 2 is 0.762 bits per heavy atom. The molecular formula is C12H32N4O4Ti. The van der Waals surface area contributed by atoms with Crippen LogP contribution in [0.4, 0.5) is 0 Å². The summed E-state index contributed by atoms with van der Waals surface area (Å²) in [5.41, 5.74) is 23.5. The first kappa shape index (κ1) is 21.4. The molecule has 0 saturated carbocycles. The number of hydrogen-bond donors (Lipinski definition) is 4. The van der Waals surface area contributed by atoms with Crippen LogP contribution in [-0.4, -0.2) is 24.9 Å².